The van der Waals surface area contributed by atoms with Crippen molar-refractivity contribution >= 4 is 21.5 Å². The summed E-state index contributed by atoms with van der Waals surface area (Å²) >= 11 is 3.30. The molecule has 0 unspecified atom stereocenters. The van der Waals surface area contributed by atoms with E-state index in [1.165, 1.54) is 11.1 Å². The molecule has 0 spiro atoms. The Hall–Kier alpha value is -0.760. The van der Waals surface area contributed by atoms with Crippen molar-refractivity contribution in [2.45, 2.75) is 0 Å². The fraction of sp³-hybridized carbons (Fsp3) is 0.111. The summed E-state index contributed by atoms with van der Waals surface area (Å²) in [7, 11) is 0. The van der Waals surface area contributed by atoms with Gasteiger partial charge in [-0.2, -0.15) is 0 Å². The van der Waals surface area contributed by atoms with Gasteiger partial charge < -0.3 is 4.74 Å². The summed E-state index contributed by atoms with van der Waals surface area (Å²) in [5, 5.41) is 0. The molecule has 1 aromatic rings. The Kier molecular flexibility index (Phi) is 1.70. The van der Waals surface area contributed by atoms with E-state index < -0.39 is 0 Å². The van der Waals surface area contributed by atoms with Gasteiger partial charge in [0.15, 0.2) is 0 Å². The molecule has 1 aliphatic rings. The molecule has 0 amide bonds. The zero-order valence-electron chi connectivity index (χ0n) is 5.88. The van der Waals surface area contributed by atoms with Crippen molar-refractivity contribution in [1.29, 1.82) is 0 Å². The molecule has 0 N–H and O–H groups in total. The van der Waals surface area contributed by atoms with Gasteiger partial charge in [0.25, 0.3) is 0 Å². The Bertz CT molecular complexity index is 304. The van der Waals surface area contributed by atoms with Crippen LogP contribution in [-0.4, -0.2) is 6.61 Å². The lowest BCUT2D eigenvalue weighted by atomic mass is 10.1. The minimum absolute atomic E-state index is 0.685. The Morgan fingerprint density at radius 2 is 2.18 bits per heavy atom. The molecule has 2 heteroatoms. The Morgan fingerprint density at radius 3 is 3.00 bits per heavy atom. The van der Waals surface area contributed by atoms with Crippen molar-refractivity contribution in [3.63, 3.8) is 0 Å². The van der Waals surface area contributed by atoms with Crippen LogP contribution >= 0.6 is 15.9 Å². The zero-order valence-corrected chi connectivity index (χ0v) is 7.47. The van der Waals surface area contributed by atoms with Crippen molar-refractivity contribution in [3.8, 4) is 5.75 Å². The smallest absolute Gasteiger partial charge is 0.127 e. The molecule has 2 rings (SSSR count). The molecule has 56 valence electrons. The van der Waals surface area contributed by atoms with Crippen LogP contribution in [0.1, 0.15) is 5.56 Å². The average molecular weight is 211 g/mol. The predicted molar refractivity (Wildman–Crippen MR) is 48.8 cm³/mol. The minimum Gasteiger partial charge on any atom is -0.488 e. The number of hydrogen-bond donors (Lipinski definition) is 0. The lowest BCUT2D eigenvalue weighted by Crippen LogP contribution is -1.85. The fourth-order valence-corrected chi connectivity index (χ4v) is 1.56. The molecule has 0 fully saturated rings. The molecule has 1 aromatic carbocycles. The van der Waals surface area contributed by atoms with Crippen LogP contribution in [0.2, 0.25) is 0 Å². The van der Waals surface area contributed by atoms with E-state index in [1.54, 1.807) is 0 Å². The van der Waals surface area contributed by atoms with Crippen molar-refractivity contribution in [3.05, 3.63) is 34.8 Å². The number of halogens is 1. The Morgan fingerprint density at radius 1 is 1.36 bits per heavy atom. The first-order chi connectivity index (χ1) is 5.42. The highest BCUT2D eigenvalue weighted by atomic mass is 79.9. The third-order valence-electron chi connectivity index (χ3n) is 1.75. The highest BCUT2D eigenvalue weighted by Crippen LogP contribution is 2.32. The zero-order chi connectivity index (χ0) is 7.68. The first-order valence-electron chi connectivity index (χ1n) is 3.43. The van der Waals surface area contributed by atoms with Gasteiger partial charge in [0.2, 0.25) is 0 Å². The first-order valence-corrected chi connectivity index (χ1v) is 4.35. The van der Waals surface area contributed by atoms with E-state index >= 15 is 0 Å². The van der Waals surface area contributed by atoms with Crippen LogP contribution in [0.5, 0.6) is 5.75 Å². The van der Waals surface area contributed by atoms with E-state index in [2.05, 4.69) is 22.0 Å². The van der Waals surface area contributed by atoms with Crippen LogP contribution in [0.25, 0.3) is 5.57 Å². The molecular weight excluding hydrogens is 204 g/mol. The van der Waals surface area contributed by atoms with Crippen molar-refractivity contribution in [2.24, 2.45) is 0 Å². The van der Waals surface area contributed by atoms with Crippen molar-refractivity contribution in [1.82, 2.24) is 0 Å². The van der Waals surface area contributed by atoms with Gasteiger partial charge in [0.1, 0.15) is 12.4 Å². The molecule has 0 radical (unpaired) electrons. The van der Waals surface area contributed by atoms with Crippen molar-refractivity contribution in [2.75, 3.05) is 6.61 Å². The van der Waals surface area contributed by atoms with Crippen LogP contribution in [0, 0.1) is 0 Å². The van der Waals surface area contributed by atoms with Crippen LogP contribution < -0.4 is 4.74 Å². The van der Waals surface area contributed by atoms with Gasteiger partial charge in [-0.1, -0.05) is 34.1 Å². The third kappa shape index (κ3) is 1.07. The largest absolute Gasteiger partial charge is 0.488 e. The normalized spacial score (nSPS) is 18.1. The summed E-state index contributed by atoms with van der Waals surface area (Å²) in [5.74, 6) is 0.984. The van der Waals surface area contributed by atoms with Crippen LogP contribution in [0.3, 0.4) is 0 Å². The van der Waals surface area contributed by atoms with Gasteiger partial charge in [0.05, 0.1) is 0 Å². The maximum atomic E-state index is 5.40. The fourth-order valence-electron chi connectivity index (χ4n) is 1.18. The summed E-state index contributed by atoms with van der Waals surface area (Å²) in [4.78, 5) is 1.92. The number of fused-ring (bicyclic) bond motifs is 1. The second-order valence-electron chi connectivity index (χ2n) is 2.42. The standard InChI is InChI=1S/C9H7BrO/c10-5-7-6-11-9-4-2-1-3-8(7)9/h1-5H,6H2/b7-5-. The summed E-state index contributed by atoms with van der Waals surface area (Å²) < 4.78 is 5.40. The quantitative estimate of drug-likeness (QED) is 0.641. The van der Waals surface area contributed by atoms with Crippen LogP contribution in [0.15, 0.2) is 29.3 Å². The lowest BCUT2D eigenvalue weighted by molar-refractivity contribution is 0.388. The number of hydrogen-bond acceptors (Lipinski definition) is 1. The molecule has 0 saturated carbocycles. The molecule has 1 nitrogen and oxygen atoms in total. The van der Waals surface area contributed by atoms with E-state index in [1.807, 2.05) is 23.2 Å². The van der Waals surface area contributed by atoms with Gasteiger partial charge in [-0.15, -0.1) is 0 Å². The summed E-state index contributed by atoms with van der Waals surface area (Å²) in [6.45, 7) is 0.685. The molecule has 0 saturated heterocycles. The van der Waals surface area contributed by atoms with Crippen molar-refractivity contribution < 1.29 is 4.74 Å². The summed E-state index contributed by atoms with van der Waals surface area (Å²) in [5.41, 5.74) is 2.41. The van der Waals surface area contributed by atoms with Crippen LogP contribution in [0.4, 0.5) is 0 Å². The molecule has 0 atom stereocenters. The van der Waals surface area contributed by atoms with E-state index in [-0.39, 0.29) is 0 Å². The monoisotopic (exact) mass is 210 g/mol. The van der Waals surface area contributed by atoms with Gasteiger partial charge >= 0.3 is 0 Å². The average Bonchev–Trinajstić information content (AvgIpc) is 2.47. The predicted octanol–water partition coefficient (Wildman–Crippen LogP) is 2.81. The Balaban J connectivity index is 2.55. The van der Waals surface area contributed by atoms with Gasteiger partial charge in [-0.3, -0.25) is 0 Å². The molecule has 0 aromatic heterocycles. The Labute approximate surface area is 73.8 Å². The number of ether oxygens (including phenoxy) is 1. The van der Waals surface area contributed by atoms with Gasteiger partial charge in [-0.25, -0.2) is 0 Å². The third-order valence-corrected chi connectivity index (χ3v) is 2.30. The molecule has 0 aliphatic carbocycles. The number of rotatable bonds is 0. The second-order valence-corrected chi connectivity index (χ2v) is 2.88. The molecule has 0 bridgehead atoms. The first kappa shape index (κ1) is 6.92. The summed E-state index contributed by atoms with van der Waals surface area (Å²) in [6.07, 6.45) is 0. The maximum absolute atomic E-state index is 5.40. The maximum Gasteiger partial charge on any atom is 0.127 e. The highest BCUT2D eigenvalue weighted by Gasteiger charge is 2.15. The highest BCUT2D eigenvalue weighted by molar-refractivity contribution is 9.11. The van der Waals surface area contributed by atoms with E-state index in [4.69, 9.17) is 4.74 Å². The molecule has 11 heavy (non-hydrogen) atoms. The van der Waals surface area contributed by atoms with Crippen LogP contribution in [-0.2, 0) is 0 Å². The summed E-state index contributed by atoms with van der Waals surface area (Å²) in [6, 6.07) is 8.05. The minimum atomic E-state index is 0.685. The van der Waals surface area contributed by atoms with E-state index in [0.29, 0.717) is 6.61 Å². The van der Waals surface area contributed by atoms with E-state index in [9.17, 15) is 0 Å². The SMILES string of the molecule is Br/C=C1/COc2ccccc21. The molecule has 1 heterocycles. The van der Waals surface area contributed by atoms with Gasteiger partial charge in [-0.05, 0) is 11.1 Å². The second kappa shape index (κ2) is 2.70. The lowest BCUT2D eigenvalue weighted by Gasteiger charge is -1.93. The number of benzene rings is 1. The topological polar surface area (TPSA) is 9.23 Å². The van der Waals surface area contributed by atoms with Gasteiger partial charge in [0, 0.05) is 11.1 Å². The van der Waals surface area contributed by atoms with E-state index in [0.717, 1.165) is 5.75 Å². The molecule has 1 aliphatic heterocycles. The number of para-hydroxylation sites is 1. The molecular formula is C9H7BrO.